The van der Waals surface area contributed by atoms with Crippen LogP contribution in [0.5, 0.6) is 5.88 Å². The first-order valence-corrected chi connectivity index (χ1v) is 5.76. The highest BCUT2D eigenvalue weighted by Gasteiger charge is 2.17. The Bertz CT molecular complexity index is 666. The number of carbonyl (C=O) groups is 1. The van der Waals surface area contributed by atoms with Crippen molar-refractivity contribution in [3.8, 4) is 5.88 Å². The number of oxime groups is 1. The molecule has 0 atom stereocenters. The topological polar surface area (TPSA) is 83.9 Å². The van der Waals surface area contributed by atoms with E-state index in [1.54, 1.807) is 6.07 Å². The van der Waals surface area contributed by atoms with E-state index < -0.39 is 6.16 Å². The van der Waals surface area contributed by atoms with Gasteiger partial charge in [-0.15, -0.1) is 0 Å². The van der Waals surface area contributed by atoms with Crippen molar-refractivity contribution < 1.29 is 19.5 Å². The molecule has 2 rings (SSSR count). The molecule has 1 heterocycles. The molecule has 0 aliphatic heterocycles. The Morgan fingerprint density at radius 1 is 1.47 bits per heavy atom. The van der Waals surface area contributed by atoms with Crippen LogP contribution in [-0.2, 0) is 4.84 Å². The first kappa shape index (κ1) is 13.5. The van der Waals surface area contributed by atoms with Crippen molar-refractivity contribution in [1.82, 2.24) is 4.98 Å². The lowest BCUT2D eigenvalue weighted by Gasteiger charge is -1.98. The number of aromatic amines is 1. The number of hydrogen-bond donors (Lipinski definition) is 2. The maximum Gasteiger partial charge on any atom is 0.512 e. The summed E-state index contributed by atoms with van der Waals surface area (Å²) in [4.78, 5) is 18.0. The number of nitrogens with zero attached hydrogens (tertiary/aromatic N) is 1. The first-order chi connectivity index (χ1) is 9.02. The quantitative estimate of drug-likeness (QED) is 0.516. The smallest absolute Gasteiger partial charge is 0.449 e. The number of aromatic nitrogens is 1. The number of fused-ring (bicyclic) bond motifs is 1. The van der Waals surface area contributed by atoms with Crippen LogP contribution in [-0.4, -0.2) is 29.6 Å². The normalized spacial score (nSPS) is 11.1. The van der Waals surface area contributed by atoms with Crippen molar-refractivity contribution in [2.24, 2.45) is 5.16 Å². The number of hydrogen-bond acceptors (Lipinski definition) is 4. The molecule has 1 aromatic carbocycles. The summed E-state index contributed by atoms with van der Waals surface area (Å²) in [5.74, 6) is -0.00698. The van der Waals surface area contributed by atoms with Gasteiger partial charge < -0.3 is 19.7 Å². The van der Waals surface area contributed by atoms with E-state index in [2.05, 4.69) is 19.7 Å². The first-order valence-electron chi connectivity index (χ1n) is 5.01. The standard InChI is InChI=1S/C11H8Cl2N2O4/c1-18-14-4-6-9-7(13)2-5(12)3-8(9)15-10(6)19-11(16)17/h2-4,15H,1H3,(H,16,17). The minimum atomic E-state index is -1.46. The summed E-state index contributed by atoms with van der Waals surface area (Å²) in [7, 11) is 1.36. The van der Waals surface area contributed by atoms with E-state index in [0.717, 1.165) is 0 Å². The predicted octanol–water partition coefficient (Wildman–Crippen LogP) is 3.51. The highest BCUT2D eigenvalue weighted by molar-refractivity contribution is 6.39. The molecular formula is C11H8Cl2N2O4. The molecule has 19 heavy (non-hydrogen) atoms. The molecule has 100 valence electrons. The van der Waals surface area contributed by atoms with Gasteiger partial charge in [0.25, 0.3) is 0 Å². The Balaban J connectivity index is 2.69. The number of ether oxygens (including phenoxy) is 1. The van der Waals surface area contributed by atoms with Crippen molar-refractivity contribution in [3.05, 3.63) is 27.7 Å². The van der Waals surface area contributed by atoms with Gasteiger partial charge in [-0.3, -0.25) is 0 Å². The highest BCUT2D eigenvalue weighted by atomic mass is 35.5. The fourth-order valence-corrected chi connectivity index (χ4v) is 2.24. The van der Waals surface area contributed by atoms with E-state index in [1.165, 1.54) is 19.4 Å². The van der Waals surface area contributed by atoms with Crippen LogP contribution < -0.4 is 4.74 Å². The third kappa shape index (κ3) is 2.74. The van der Waals surface area contributed by atoms with Gasteiger partial charge in [-0.25, -0.2) is 4.79 Å². The van der Waals surface area contributed by atoms with Crippen LogP contribution in [0.15, 0.2) is 17.3 Å². The van der Waals surface area contributed by atoms with Gasteiger partial charge in [0.1, 0.15) is 7.11 Å². The summed E-state index contributed by atoms with van der Waals surface area (Å²) in [5, 5.41) is 13.6. The van der Waals surface area contributed by atoms with Crippen molar-refractivity contribution in [2.75, 3.05) is 7.11 Å². The molecule has 0 spiro atoms. The molecule has 2 aromatic rings. The largest absolute Gasteiger partial charge is 0.512 e. The Morgan fingerprint density at radius 2 is 2.21 bits per heavy atom. The van der Waals surface area contributed by atoms with Crippen LogP contribution >= 0.6 is 23.2 Å². The third-order valence-corrected chi connectivity index (χ3v) is 2.81. The molecule has 0 aliphatic rings. The summed E-state index contributed by atoms with van der Waals surface area (Å²) in [6.45, 7) is 0. The lowest BCUT2D eigenvalue weighted by molar-refractivity contribution is 0.143. The zero-order valence-corrected chi connectivity index (χ0v) is 11.1. The second-order valence-electron chi connectivity index (χ2n) is 3.46. The van der Waals surface area contributed by atoms with Crippen molar-refractivity contribution in [1.29, 1.82) is 0 Å². The van der Waals surface area contributed by atoms with Crippen molar-refractivity contribution in [2.45, 2.75) is 0 Å². The third-order valence-electron chi connectivity index (χ3n) is 2.29. The number of nitrogens with one attached hydrogen (secondary N) is 1. The fraction of sp³-hybridized carbons (Fsp3) is 0.0909. The molecular weight excluding hydrogens is 295 g/mol. The fourth-order valence-electron chi connectivity index (χ4n) is 1.65. The molecule has 0 fully saturated rings. The van der Waals surface area contributed by atoms with E-state index in [0.29, 0.717) is 26.5 Å². The molecule has 0 unspecified atom stereocenters. The van der Waals surface area contributed by atoms with Gasteiger partial charge in [0.2, 0.25) is 5.88 Å². The van der Waals surface area contributed by atoms with E-state index in [-0.39, 0.29) is 5.88 Å². The number of rotatable bonds is 3. The molecule has 0 amide bonds. The average molecular weight is 303 g/mol. The Hall–Kier alpha value is -1.92. The number of H-pyrrole nitrogens is 1. The van der Waals surface area contributed by atoms with Gasteiger partial charge in [0, 0.05) is 10.4 Å². The molecule has 6 nitrogen and oxygen atoms in total. The number of carboxylic acid groups (broad SMARTS) is 1. The van der Waals surface area contributed by atoms with Gasteiger partial charge in [0.05, 0.1) is 22.3 Å². The van der Waals surface area contributed by atoms with E-state index in [4.69, 9.17) is 28.3 Å². The van der Waals surface area contributed by atoms with E-state index in [1.807, 2.05) is 0 Å². The lowest BCUT2D eigenvalue weighted by Crippen LogP contribution is -2.04. The minimum absolute atomic E-state index is 0.00698. The molecule has 0 bridgehead atoms. The van der Waals surface area contributed by atoms with Crippen LogP contribution in [0.1, 0.15) is 5.56 Å². The molecule has 2 N–H and O–H groups in total. The maximum absolute atomic E-state index is 10.6. The van der Waals surface area contributed by atoms with Gasteiger partial charge >= 0.3 is 6.16 Å². The molecule has 1 aromatic heterocycles. The van der Waals surface area contributed by atoms with E-state index >= 15 is 0 Å². The predicted molar refractivity (Wildman–Crippen MR) is 71.6 cm³/mol. The SMILES string of the molecule is CON=Cc1c(OC(=O)O)[nH]c2cc(Cl)cc(Cl)c12. The van der Waals surface area contributed by atoms with Crippen LogP contribution in [0, 0.1) is 0 Å². The monoisotopic (exact) mass is 302 g/mol. The lowest BCUT2D eigenvalue weighted by atomic mass is 10.2. The van der Waals surface area contributed by atoms with Gasteiger partial charge in [0.15, 0.2) is 0 Å². The maximum atomic E-state index is 10.6. The Kier molecular flexibility index (Phi) is 3.82. The summed E-state index contributed by atoms with van der Waals surface area (Å²) in [5.41, 5.74) is 0.896. The summed E-state index contributed by atoms with van der Waals surface area (Å²) in [6.07, 6.45) is -0.155. The zero-order valence-electron chi connectivity index (χ0n) is 9.61. The number of benzene rings is 1. The van der Waals surface area contributed by atoms with Crippen LogP contribution in [0.3, 0.4) is 0 Å². The Morgan fingerprint density at radius 3 is 2.84 bits per heavy atom. The van der Waals surface area contributed by atoms with Crippen LogP contribution in [0.25, 0.3) is 10.9 Å². The summed E-state index contributed by atoms with van der Waals surface area (Å²) >= 11 is 12.0. The van der Waals surface area contributed by atoms with Gasteiger partial charge in [-0.05, 0) is 12.1 Å². The second-order valence-corrected chi connectivity index (χ2v) is 4.31. The van der Waals surface area contributed by atoms with Gasteiger partial charge in [-0.1, -0.05) is 28.4 Å². The molecule has 8 heteroatoms. The molecule has 0 radical (unpaired) electrons. The van der Waals surface area contributed by atoms with E-state index in [9.17, 15) is 4.79 Å². The Labute approximate surface area is 117 Å². The van der Waals surface area contributed by atoms with Crippen molar-refractivity contribution >= 4 is 46.5 Å². The highest BCUT2D eigenvalue weighted by Crippen LogP contribution is 2.34. The van der Waals surface area contributed by atoms with Crippen LogP contribution in [0.2, 0.25) is 10.0 Å². The average Bonchev–Trinajstić information content (AvgIpc) is 2.63. The van der Waals surface area contributed by atoms with Gasteiger partial charge in [-0.2, -0.15) is 0 Å². The zero-order chi connectivity index (χ0) is 14.0. The molecule has 0 saturated heterocycles. The number of halogens is 2. The second kappa shape index (κ2) is 5.38. The molecule has 0 saturated carbocycles. The molecule has 0 aliphatic carbocycles. The summed E-state index contributed by atoms with van der Waals surface area (Å²) in [6, 6.07) is 3.13. The van der Waals surface area contributed by atoms with Crippen LogP contribution in [0.4, 0.5) is 4.79 Å². The minimum Gasteiger partial charge on any atom is -0.449 e. The summed E-state index contributed by atoms with van der Waals surface area (Å²) < 4.78 is 4.63. The van der Waals surface area contributed by atoms with Crippen molar-refractivity contribution in [3.63, 3.8) is 0 Å².